The van der Waals surface area contributed by atoms with Crippen LogP contribution in [0.5, 0.6) is 0 Å². The van der Waals surface area contributed by atoms with Gasteiger partial charge in [-0.1, -0.05) is 11.8 Å². The molecule has 0 aliphatic carbocycles. The summed E-state index contributed by atoms with van der Waals surface area (Å²) in [7, 11) is 0. The van der Waals surface area contributed by atoms with Gasteiger partial charge in [0.25, 0.3) is 0 Å². The molecule has 0 nitrogen and oxygen atoms in total. The molecule has 66 valence electrons. The number of hydrogen-bond acceptors (Lipinski definition) is 1. The fourth-order valence-electron chi connectivity index (χ4n) is 0.821. The lowest BCUT2D eigenvalue weighted by molar-refractivity contribution is -0.0415. The Morgan fingerprint density at radius 1 is 1.36 bits per heavy atom. The van der Waals surface area contributed by atoms with E-state index in [4.69, 9.17) is 0 Å². The highest BCUT2D eigenvalue weighted by Crippen LogP contribution is 2.47. The summed E-state index contributed by atoms with van der Waals surface area (Å²) in [5, 5.41) is -3.62. The Hall–Kier alpha value is -0.0000000000000000555. The largest absolute Gasteiger partial charge is 0.325 e. The van der Waals surface area contributed by atoms with Crippen LogP contribution in [0.15, 0.2) is 0 Å². The van der Waals surface area contributed by atoms with Crippen molar-refractivity contribution in [1.82, 2.24) is 0 Å². The van der Waals surface area contributed by atoms with Crippen molar-refractivity contribution in [3.8, 4) is 0 Å². The van der Waals surface area contributed by atoms with E-state index in [1.54, 1.807) is 0 Å². The van der Waals surface area contributed by atoms with Crippen molar-refractivity contribution in [2.24, 2.45) is 5.92 Å². The van der Waals surface area contributed by atoms with Gasteiger partial charge in [0.05, 0.1) is 5.92 Å². The summed E-state index contributed by atoms with van der Waals surface area (Å²) in [6.45, 7) is 0. The lowest BCUT2D eigenvalue weighted by Gasteiger charge is -2.13. The molecule has 0 N–H and O–H groups in total. The third-order valence-electron chi connectivity index (χ3n) is 1.49. The number of rotatable bonds is 1. The standard InChI is InChI=1S/C5H5F5S/c6-3-2(4(7)8)1-11-5(3,9)10/h2-4H,1H2. The molecule has 0 saturated carbocycles. The molecule has 0 aromatic rings. The molecule has 0 aromatic carbocycles. The third kappa shape index (κ3) is 1.60. The van der Waals surface area contributed by atoms with Gasteiger partial charge >= 0.3 is 5.25 Å². The van der Waals surface area contributed by atoms with Gasteiger partial charge in [0.1, 0.15) is 0 Å². The summed E-state index contributed by atoms with van der Waals surface area (Å²) in [5.74, 6) is -2.32. The van der Waals surface area contributed by atoms with E-state index in [-0.39, 0.29) is 11.8 Å². The molecule has 1 aliphatic rings. The lowest BCUT2D eigenvalue weighted by Crippen LogP contribution is -2.29. The molecule has 0 amide bonds. The van der Waals surface area contributed by atoms with Gasteiger partial charge in [-0.3, -0.25) is 0 Å². The lowest BCUT2D eigenvalue weighted by atomic mass is 10.1. The number of hydrogen-bond donors (Lipinski definition) is 0. The highest BCUT2D eigenvalue weighted by Gasteiger charge is 2.54. The van der Waals surface area contributed by atoms with Crippen molar-refractivity contribution < 1.29 is 22.0 Å². The summed E-state index contributed by atoms with van der Waals surface area (Å²) in [4.78, 5) is 0. The molecular weight excluding hydrogens is 187 g/mol. The monoisotopic (exact) mass is 192 g/mol. The van der Waals surface area contributed by atoms with Crippen LogP contribution in [-0.2, 0) is 0 Å². The van der Waals surface area contributed by atoms with Crippen LogP contribution in [0.2, 0.25) is 0 Å². The van der Waals surface area contributed by atoms with Gasteiger partial charge in [0.15, 0.2) is 6.17 Å². The molecule has 6 heteroatoms. The molecule has 0 radical (unpaired) electrons. The molecule has 1 heterocycles. The van der Waals surface area contributed by atoms with Crippen molar-refractivity contribution in [1.29, 1.82) is 0 Å². The Balaban J connectivity index is 2.63. The highest BCUT2D eigenvalue weighted by atomic mass is 32.2. The van der Waals surface area contributed by atoms with Gasteiger partial charge in [-0.25, -0.2) is 13.2 Å². The number of halogens is 5. The molecule has 0 spiro atoms. The second-order valence-electron chi connectivity index (χ2n) is 2.27. The van der Waals surface area contributed by atoms with Crippen molar-refractivity contribution >= 4 is 11.8 Å². The first-order chi connectivity index (χ1) is 4.95. The quantitative estimate of drug-likeness (QED) is 0.575. The zero-order valence-electron chi connectivity index (χ0n) is 5.24. The van der Waals surface area contributed by atoms with E-state index in [1.807, 2.05) is 0 Å². The molecule has 0 bridgehead atoms. The Morgan fingerprint density at radius 3 is 2.09 bits per heavy atom. The van der Waals surface area contributed by atoms with E-state index in [2.05, 4.69) is 0 Å². The van der Waals surface area contributed by atoms with E-state index in [0.29, 0.717) is 0 Å². The summed E-state index contributed by atoms with van der Waals surface area (Å²) >= 11 is -0.0443. The zero-order chi connectivity index (χ0) is 8.65. The van der Waals surface area contributed by atoms with E-state index >= 15 is 0 Å². The maximum Gasteiger partial charge on any atom is 0.325 e. The minimum Gasteiger partial charge on any atom is -0.239 e. The Labute approximate surface area is 64.1 Å². The van der Waals surface area contributed by atoms with Crippen LogP contribution in [0.25, 0.3) is 0 Å². The highest BCUT2D eigenvalue weighted by molar-refractivity contribution is 8.00. The van der Waals surface area contributed by atoms with Crippen molar-refractivity contribution in [3.05, 3.63) is 0 Å². The normalized spacial score (nSPS) is 36.5. The Morgan fingerprint density at radius 2 is 1.91 bits per heavy atom. The van der Waals surface area contributed by atoms with Crippen LogP contribution in [0.4, 0.5) is 22.0 Å². The fraction of sp³-hybridized carbons (Fsp3) is 1.00. The van der Waals surface area contributed by atoms with Crippen LogP contribution >= 0.6 is 11.8 Å². The van der Waals surface area contributed by atoms with Crippen LogP contribution < -0.4 is 0 Å². The van der Waals surface area contributed by atoms with Gasteiger partial charge in [-0.2, -0.15) is 8.78 Å². The maximum atomic E-state index is 12.4. The molecule has 1 saturated heterocycles. The van der Waals surface area contributed by atoms with E-state index in [1.165, 1.54) is 0 Å². The minimum atomic E-state index is -3.62. The van der Waals surface area contributed by atoms with Gasteiger partial charge in [0.2, 0.25) is 6.43 Å². The average molecular weight is 192 g/mol. The minimum absolute atomic E-state index is 0.0443. The molecule has 1 rings (SSSR count). The van der Waals surface area contributed by atoms with E-state index < -0.39 is 29.5 Å². The van der Waals surface area contributed by atoms with E-state index in [0.717, 1.165) is 0 Å². The smallest absolute Gasteiger partial charge is 0.239 e. The van der Waals surface area contributed by atoms with Crippen LogP contribution in [0.1, 0.15) is 0 Å². The molecule has 2 unspecified atom stereocenters. The molecule has 0 aromatic heterocycles. The summed E-state index contributed by atoms with van der Waals surface area (Å²) in [6.07, 6.45) is -5.70. The van der Waals surface area contributed by atoms with Gasteiger partial charge in [-0.05, 0) is 0 Å². The Kier molecular flexibility index (Phi) is 2.32. The second kappa shape index (κ2) is 2.80. The van der Waals surface area contributed by atoms with E-state index in [9.17, 15) is 22.0 Å². The van der Waals surface area contributed by atoms with Crippen molar-refractivity contribution in [2.45, 2.75) is 17.9 Å². The molecule has 1 fully saturated rings. The molecule has 2 atom stereocenters. The first-order valence-corrected chi connectivity index (χ1v) is 3.87. The van der Waals surface area contributed by atoms with Gasteiger partial charge in [-0.15, -0.1) is 0 Å². The predicted molar refractivity (Wildman–Crippen MR) is 31.8 cm³/mol. The number of thioether (sulfide) groups is 1. The van der Waals surface area contributed by atoms with Gasteiger partial charge in [0, 0.05) is 5.75 Å². The van der Waals surface area contributed by atoms with Crippen molar-refractivity contribution in [2.75, 3.05) is 5.75 Å². The Bertz CT molecular complexity index is 148. The SMILES string of the molecule is FC(F)C1CSC(F)(F)C1F. The zero-order valence-corrected chi connectivity index (χ0v) is 6.05. The number of alkyl halides is 5. The fourth-order valence-corrected chi connectivity index (χ4v) is 1.88. The second-order valence-corrected chi connectivity index (χ2v) is 3.44. The summed E-state index contributed by atoms with van der Waals surface area (Å²) < 4.78 is 60.3. The topological polar surface area (TPSA) is 0 Å². The van der Waals surface area contributed by atoms with Crippen LogP contribution in [0.3, 0.4) is 0 Å². The summed E-state index contributed by atoms with van der Waals surface area (Å²) in [5.41, 5.74) is 0. The van der Waals surface area contributed by atoms with Gasteiger partial charge < -0.3 is 0 Å². The first-order valence-electron chi connectivity index (χ1n) is 2.89. The third-order valence-corrected chi connectivity index (χ3v) is 2.65. The maximum absolute atomic E-state index is 12.4. The molecule has 11 heavy (non-hydrogen) atoms. The molecular formula is C5H5F5S. The van der Waals surface area contributed by atoms with Crippen LogP contribution in [0, 0.1) is 5.92 Å². The predicted octanol–water partition coefficient (Wildman–Crippen LogP) is 2.55. The first kappa shape index (κ1) is 9.09. The average Bonchev–Trinajstić information content (AvgIpc) is 2.09. The summed E-state index contributed by atoms with van der Waals surface area (Å²) in [6, 6.07) is 0. The van der Waals surface area contributed by atoms with Crippen LogP contribution in [-0.4, -0.2) is 23.6 Å². The molecule has 1 aliphatic heterocycles. The van der Waals surface area contributed by atoms with Crippen molar-refractivity contribution in [3.63, 3.8) is 0 Å².